The molecule has 3 rings (SSSR count). The quantitative estimate of drug-likeness (QED) is 0.698. The minimum absolute atomic E-state index is 0.0232. The molecular formula is C15H15Cl2N3O5S2. The van der Waals surface area contributed by atoms with E-state index in [-0.39, 0.29) is 38.9 Å². The SMILES string of the molecule is O=S(=O)(Nc1cccc(S(=O)(=O)N2CCOCC2)c1)c1ccc(Cl)nc1Cl. The summed E-state index contributed by atoms with van der Waals surface area (Å²) in [7, 11) is -7.84. The van der Waals surface area contributed by atoms with E-state index in [0.29, 0.717) is 13.2 Å². The summed E-state index contributed by atoms with van der Waals surface area (Å²) in [5.74, 6) is 0. The van der Waals surface area contributed by atoms with Gasteiger partial charge in [-0.25, -0.2) is 21.8 Å². The Morgan fingerprint density at radius 2 is 1.74 bits per heavy atom. The summed E-state index contributed by atoms with van der Waals surface area (Å²) < 4.78 is 59.3. The van der Waals surface area contributed by atoms with Crippen LogP contribution in [-0.4, -0.2) is 52.4 Å². The van der Waals surface area contributed by atoms with Gasteiger partial charge in [-0.15, -0.1) is 0 Å². The molecule has 1 N–H and O–H groups in total. The maximum absolute atomic E-state index is 12.7. The van der Waals surface area contributed by atoms with Crippen LogP contribution in [0.5, 0.6) is 0 Å². The zero-order valence-electron chi connectivity index (χ0n) is 13.8. The molecule has 0 spiro atoms. The fourth-order valence-electron chi connectivity index (χ4n) is 2.47. The molecule has 2 heterocycles. The molecule has 0 amide bonds. The Hall–Kier alpha value is -1.43. The molecule has 0 aliphatic carbocycles. The minimum atomic E-state index is -4.08. The van der Waals surface area contributed by atoms with Crippen LogP contribution in [-0.2, 0) is 24.8 Å². The Morgan fingerprint density at radius 3 is 2.41 bits per heavy atom. The molecule has 0 saturated carbocycles. The lowest BCUT2D eigenvalue weighted by Gasteiger charge is -2.26. The Morgan fingerprint density at radius 1 is 1.04 bits per heavy atom. The van der Waals surface area contributed by atoms with E-state index in [1.807, 2.05) is 0 Å². The zero-order chi connectivity index (χ0) is 19.7. The number of aromatic nitrogens is 1. The number of nitrogens with zero attached hydrogens (tertiary/aromatic N) is 2. The molecular weight excluding hydrogens is 437 g/mol. The fourth-order valence-corrected chi connectivity index (χ4v) is 5.63. The first-order chi connectivity index (χ1) is 12.7. The number of rotatable bonds is 5. The number of sulfonamides is 2. The van der Waals surface area contributed by atoms with Crippen molar-refractivity contribution in [3.05, 3.63) is 46.7 Å². The lowest BCUT2D eigenvalue weighted by atomic mass is 10.3. The van der Waals surface area contributed by atoms with Gasteiger partial charge in [0.1, 0.15) is 10.0 Å². The fraction of sp³-hybridized carbons (Fsp3) is 0.267. The molecule has 0 bridgehead atoms. The average Bonchev–Trinajstić information content (AvgIpc) is 2.62. The summed E-state index contributed by atoms with van der Waals surface area (Å²) in [6.45, 7) is 1.11. The summed E-state index contributed by atoms with van der Waals surface area (Å²) in [5.41, 5.74) is 0.0790. The highest BCUT2D eigenvalue weighted by Crippen LogP contribution is 2.26. The molecule has 8 nitrogen and oxygen atoms in total. The molecule has 146 valence electrons. The second kappa shape index (κ2) is 7.90. The summed E-state index contributed by atoms with van der Waals surface area (Å²) in [6.07, 6.45) is 0. The molecule has 1 fully saturated rings. The summed E-state index contributed by atoms with van der Waals surface area (Å²) in [6, 6.07) is 8.05. The molecule has 1 saturated heterocycles. The summed E-state index contributed by atoms with van der Waals surface area (Å²) >= 11 is 11.5. The van der Waals surface area contributed by atoms with Crippen molar-refractivity contribution in [1.82, 2.24) is 9.29 Å². The lowest BCUT2D eigenvalue weighted by Crippen LogP contribution is -2.40. The van der Waals surface area contributed by atoms with E-state index in [4.69, 9.17) is 27.9 Å². The third-order valence-electron chi connectivity index (χ3n) is 3.76. The van der Waals surface area contributed by atoms with Gasteiger partial charge in [-0.05, 0) is 30.3 Å². The van der Waals surface area contributed by atoms with E-state index < -0.39 is 20.0 Å². The maximum atomic E-state index is 12.7. The Bertz CT molecular complexity index is 1050. The van der Waals surface area contributed by atoms with Gasteiger partial charge in [0.15, 0.2) is 5.15 Å². The van der Waals surface area contributed by atoms with Gasteiger partial charge >= 0.3 is 0 Å². The van der Waals surface area contributed by atoms with Crippen molar-refractivity contribution in [2.24, 2.45) is 0 Å². The minimum Gasteiger partial charge on any atom is -0.379 e. The topological polar surface area (TPSA) is 106 Å². The number of hydrogen-bond acceptors (Lipinski definition) is 6. The van der Waals surface area contributed by atoms with E-state index in [0.717, 1.165) is 0 Å². The van der Waals surface area contributed by atoms with Crippen molar-refractivity contribution in [2.45, 2.75) is 9.79 Å². The molecule has 1 aliphatic rings. The van der Waals surface area contributed by atoms with Gasteiger partial charge in [0.25, 0.3) is 10.0 Å². The van der Waals surface area contributed by atoms with Crippen molar-refractivity contribution in [1.29, 1.82) is 0 Å². The van der Waals surface area contributed by atoms with Crippen LogP contribution in [0.2, 0.25) is 10.3 Å². The van der Waals surface area contributed by atoms with Crippen LogP contribution in [0.1, 0.15) is 0 Å². The Balaban J connectivity index is 1.89. The average molecular weight is 452 g/mol. The molecule has 1 aromatic heterocycles. The van der Waals surface area contributed by atoms with Gasteiger partial charge in [-0.2, -0.15) is 4.31 Å². The van der Waals surface area contributed by atoms with Crippen molar-refractivity contribution >= 4 is 48.9 Å². The number of morpholine rings is 1. The smallest absolute Gasteiger partial charge is 0.264 e. The van der Waals surface area contributed by atoms with Gasteiger partial charge in [-0.1, -0.05) is 29.3 Å². The van der Waals surface area contributed by atoms with Crippen LogP contribution in [0.3, 0.4) is 0 Å². The van der Waals surface area contributed by atoms with Crippen LogP contribution < -0.4 is 4.72 Å². The highest BCUT2D eigenvalue weighted by molar-refractivity contribution is 7.92. The zero-order valence-corrected chi connectivity index (χ0v) is 16.9. The first kappa shape index (κ1) is 20.3. The van der Waals surface area contributed by atoms with Gasteiger partial charge in [-0.3, -0.25) is 4.72 Å². The molecule has 0 unspecified atom stereocenters. The lowest BCUT2D eigenvalue weighted by molar-refractivity contribution is 0.0730. The molecule has 0 radical (unpaired) electrons. The van der Waals surface area contributed by atoms with E-state index in [1.54, 1.807) is 0 Å². The third kappa shape index (κ3) is 4.53. The summed E-state index contributed by atoms with van der Waals surface area (Å²) in [5, 5.41) is -0.232. The number of halogens is 2. The number of pyridine rings is 1. The van der Waals surface area contributed by atoms with Gasteiger partial charge < -0.3 is 4.74 Å². The highest BCUT2D eigenvalue weighted by Gasteiger charge is 2.27. The maximum Gasteiger partial charge on any atom is 0.264 e. The van der Waals surface area contributed by atoms with E-state index >= 15 is 0 Å². The van der Waals surface area contributed by atoms with Crippen LogP contribution >= 0.6 is 23.2 Å². The van der Waals surface area contributed by atoms with Crippen molar-refractivity contribution in [3.63, 3.8) is 0 Å². The number of hydrogen-bond donors (Lipinski definition) is 1. The second-order valence-corrected chi connectivity index (χ2v) is 9.91. The molecule has 27 heavy (non-hydrogen) atoms. The predicted molar refractivity (Wildman–Crippen MR) is 101 cm³/mol. The van der Waals surface area contributed by atoms with Crippen molar-refractivity contribution in [3.8, 4) is 0 Å². The van der Waals surface area contributed by atoms with E-state index in [2.05, 4.69) is 9.71 Å². The highest BCUT2D eigenvalue weighted by atomic mass is 35.5. The first-order valence-corrected chi connectivity index (χ1v) is 11.4. The Labute approximate surface area is 167 Å². The van der Waals surface area contributed by atoms with E-state index in [9.17, 15) is 16.8 Å². The van der Waals surface area contributed by atoms with Crippen LogP contribution in [0.4, 0.5) is 5.69 Å². The van der Waals surface area contributed by atoms with Crippen molar-refractivity contribution in [2.75, 3.05) is 31.0 Å². The van der Waals surface area contributed by atoms with Crippen LogP contribution in [0.15, 0.2) is 46.2 Å². The van der Waals surface area contributed by atoms with Crippen LogP contribution in [0.25, 0.3) is 0 Å². The normalized spacial score (nSPS) is 16.2. The standard InChI is InChI=1S/C15H15Cl2N3O5S2/c16-14-5-4-13(15(17)18-14)26(21,22)19-11-2-1-3-12(10-11)27(23,24)20-6-8-25-9-7-20/h1-5,10,19H,6-9H2. The Kier molecular flexibility index (Phi) is 5.94. The molecule has 2 aromatic rings. The molecule has 1 aliphatic heterocycles. The number of anilines is 1. The molecule has 0 atom stereocenters. The van der Waals surface area contributed by atoms with Crippen LogP contribution in [0, 0.1) is 0 Å². The predicted octanol–water partition coefficient (Wildman–Crippen LogP) is 2.21. The second-order valence-electron chi connectivity index (χ2n) is 5.57. The van der Waals surface area contributed by atoms with Gasteiger partial charge in [0, 0.05) is 13.1 Å². The number of ether oxygens (including phenoxy) is 1. The first-order valence-electron chi connectivity index (χ1n) is 7.73. The number of nitrogens with one attached hydrogen (secondary N) is 1. The molecule has 1 aromatic carbocycles. The number of benzene rings is 1. The third-order valence-corrected chi connectivity index (χ3v) is 7.68. The van der Waals surface area contributed by atoms with E-state index in [1.165, 1.54) is 40.7 Å². The monoisotopic (exact) mass is 451 g/mol. The summed E-state index contributed by atoms with van der Waals surface area (Å²) in [4.78, 5) is 3.41. The van der Waals surface area contributed by atoms with Gasteiger partial charge in [0.2, 0.25) is 10.0 Å². The largest absolute Gasteiger partial charge is 0.379 e. The van der Waals surface area contributed by atoms with Gasteiger partial charge in [0.05, 0.1) is 23.8 Å². The van der Waals surface area contributed by atoms with Crippen molar-refractivity contribution < 1.29 is 21.6 Å². The molecule has 12 heteroatoms.